The third kappa shape index (κ3) is 1.62. The first-order valence-electron chi connectivity index (χ1n) is 2.10. The van der Waals surface area contributed by atoms with Crippen molar-refractivity contribution in [2.75, 3.05) is 0 Å². The molecule has 2 nitrogen and oxygen atoms in total. The van der Waals surface area contributed by atoms with Crippen LogP contribution in [0.15, 0.2) is 0 Å². The second-order valence-electron chi connectivity index (χ2n) is 2.00. The van der Waals surface area contributed by atoms with Crippen LogP contribution in [0.2, 0.25) is 0 Å². The quantitative estimate of drug-likeness (QED) is 0.414. The predicted octanol–water partition coefficient (Wildman–Crippen LogP) is 0.888. The zero-order chi connectivity index (χ0) is 6.78. The summed E-state index contributed by atoms with van der Waals surface area (Å²) in [6, 6.07) is 0. The van der Waals surface area contributed by atoms with Crippen molar-refractivity contribution >= 4 is 23.1 Å². The maximum absolute atomic E-state index is 10.2. The maximum atomic E-state index is 10.2. The van der Waals surface area contributed by atoms with Crippen LogP contribution in [0, 0.1) is 5.41 Å². The zero-order valence-electron chi connectivity index (χ0n) is 4.69. The van der Waals surface area contributed by atoms with E-state index in [1.807, 2.05) is 0 Å². The molecule has 0 aliphatic carbocycles. The van der Waals surface area contributed by atoms with E-state index in [-0.39, 0.29) is 0 Å². The highest BCUT2D eigenvalue weighted by atomic mass is 35.5. The Hall–Kier alpha value is -0.370. The van der Waals surface area contributed by atoms with Gasteiger partial charge in [-0.2, -0.15) is 0 Å². The monoisotopic (exact) mass is 133 g/mol. The van der Waals surface area contributed by atoms with Gasteiger partial charge in [-0.1, -0.05) is 0 Å². The van der Waals surface area contributed by atoms with E-state index in [0.29, 0.717) is 0 Å². The standard InChI is InChI=1S/C5H6ClO2/c1-5(2,3-7)4(6)8/h1-2H3. The van der Waals surface area contributed by atoms with E-state index >= 15 is 0 Å². The zero-order valence-corrected chi connectivity index (χ0v) is 5.45. The largest absolute Gasteiger partial charge is 0.290 e. The molecule has 3 heteroatoms. The van der Waals surface area contributed by atoms with Crippen molar-refractivity contribution < 1.29 is 9.59 Å². The molecule has 0 aliphatic heterocycles. The second-order valence-corrected chi connectivity index (χ2v) is 2.34. The van der Waals surface area contributed by atoms with Crippen molar-refractivity contribution in [2.45, 2.75) is 13.8 Å². The number of rotatable bonds is 2. The fourth-order valence-electron chi connectivity index (χ4n) is 0.0401. The fourth-order valence-corrected chi connectivity index (χ4v) is 0.0787. The average molecular weight is 134 g/mol. The number of halogens is 1. The topological polar surface area (TPSA) is 34.1 Å². The summed E-state index contributed by atoms with van der Waals surface area (Å²) in [6.07, 6.45) is 1.51. The van der Waals surface area contributed by atoms with Crippen LogP contribution in [-0.2, 0) is 9.59 Å². The van der Waals surface area contributed by atoms with Gasteiger partial charge in [0.1, 0.15) is 5.41 Å². The summed E-state index contributed by atoms with van der Waals surface area (Å²) in [4.78, 5) is 20.0. The van der Waals surface area contributed by atoms with Crippen LogP contribution >= 0.6 is 11.6 Å². The van der Waals surface area contributed by atoms with Crippen molar-refractivity contribution in [2.24, 2.45) is 5.41 Å². The van der Waals surface area contributed by atoms with Crippen LogP contribution < -0.4 is 0 Å². The van der Waals surface area contributed by atoms with Gasteiger partial charge < -0.3 is 0 Å². The van der Waals surface area contributed by atoms with Gasteiger partial charge in [-0.3, -0.25) is 9.59 Å². The van der Waals surface area contributed by atoms with Gasteiger partial charge in [0.25, 0.3) is 0 Å². The Labute approximate surface area is 52.8 Å². The Morgan fingerprint density at radius 2 is 2.00 bits per heavy atom. The molecule has 0 rings (SSSR count). The minimum atomic E-state index is -1.14. The maximum Gasteiger partial charge on any atom is 0.235 e. The van der Waals surface area contributed by atoms with Crippen molar-refractivity contribution in [1.29, 1.82) is 0 Å². The van der Waals surface area contributed by atoms with Crippen LogP contribution in [-0.4, -0.2) is 11.5 Å². The first-order chi connectivity index (χ1) is 3.50. The van der Waals surface area contributed by atoms with Crippen molar-refractivity contribution in [1.82, 2.24) is 0 Å². The minimum absolute atomic E-state index is 0.674. The van der Waals surface area contributed by atoms with Crippen LogP contribution in [0.25, 0.3) is 0 Å². The summed E-state index contributed by atoms with van der Waals surface area (Å²) in [7, 11) is 0. The lowest BCUT2D eigenvalue weighted by Crippen LogP contribution is -2.20. The predicted molar refractivity (Wildman–Crippen MR) is 30.3 cm³/mol. The van der Waals surface area contributed by atoms with E-state index in [2.05, 4.69) is 0 Å². The van der Waals surface area contributed by atoms with Gasteiger partial charge in [0.05, 0.1) is 0 Å². The molecule has 0 N–H and O–H groups in total. The van der Waals surface area contributed by atoms with E-state index in [1.54, 1.807) is 0 Å². The summed E-state index contributed by atoms with van der Waals surface area (Å²) in [5.74, 6) is 0. The summed E-state index contributed by atoms with van der Waals surface area (Å²) in [6.45, 7) is 2.82. The minimum Gasteiger partial charge on any atom is -0.290 e. The Bertz CT molecular complexity index is 118. The molecule has 0 unspecified atom stereocenters. The first-order valence-corrected chi connectivity index (χ1v) is 2.48. The Balaban J connectivity index is 4.12. The molecular formula is C5H6ClO2. The Kier molecular flexibility index (Phi) is 2.16. The molecule has 0 aliphatic rings. The van der Waals surface area contributed by atoms with Crippen molar-refractivity contribution in [3.05, 3.63) is 0 Å². The van der Waals surface area contributed by atoms with Gasteiger partial charge in [-0.15, -0.1) is 0 Å². The normalized spacial score (nSPS) is 10.9. The first kappa shape index (κ1) is 7.63. The van der Waals surface area contributed by atoms with Gasteiger partial charge in [0.2, 0.25) is 11.5 Å². The molecule has 0 heterocycles. The molecular weight excluding hydrogens is 128 g/mol. The van der Waals surface area contributed by atoms with Crippen LogP contribution in [0.5, 0.6) is 0 Å². The van der Waals surface area contributed by atoms with Gasteiger partial charge >= 0.3 is 0 Å². The van der Waals surface area contributed by atoms with Crippen molar-refractivity contribution in [3.63, 3.8) is 0 Å². The van der Waals surface area contributed by atoms with Gasteiger partial charge in [0.15, 0.2) is 0 Å². The molecule has 0 fully saturated rings. The highest BCUT2D eigenvalue weighted by Crippen LogP contribution is 2.13. The number of carbonyl (C=O) groups is 1. The highest BCUT2D eigenvalue weighted by Gasteiger charge is 2.25. The average Bonchev–Trinajstić information content (AvgIpc) is 1.67. The van der Waals surface area contributed by atoms with Crippen LogP contribution in [0.4, 0.5) is 0 Å². The molecule has 1 radical (unpaired) electrons. The molecule has 8 heavy (non-hydrogen) atoms. The number of hydrogen-bond donors (Lipinski definition) is 0. The van der Waals surface area contributed by atoms with E-state index < -0.39 is 10.7 Å². The molecule has 0 bridgehead atoms. The Morgan fingerprint density at radius 3 is 2.00 bits per heavy atom. The number of carbonyl (C=O) groups excluding carboxylic acids is 2. The molecule has 45 valence electrons. The molecule has 0 atom stereocenters. The lowest BCUT2D eigenvalue weighted by atomic mass is 9.99. The third-order valence-corrected chi connectivity index (χ3v) is 1.22. The van der Waals surface area contributed by atoms with Crippen LogP contribution in [0.3, 0.4) is 0 Å². The van der Waals surface area contributed by atoms with Crippen LogP contribution in [0.1, 0.15) is 13.8 Å². The van der Waals surface area contributed by atoms with E-state index in [9.17, 15) is 9.59 Å². The molecule has 0 aromatic rings. The Morgan fingerprint density at radius 1 is 1.62 bits per heavy atom. The van der Waals surface area contributed by atoms with Gasteiger partial charge in [0, 0.05) is 0 Å². The summed E-state index contributed by atoms with van der Waals surface area (Å²) in [5.41, 5.74) is -1.14. The van der Waals surface area contributed by atoms with E-state index in [4.69, 9.17) is 11.6 Å². The molecule has 0 aromatic heterocycles. The molecule has 0 aromatic carbocycles. The third-order valence-electron chi connectivity index (χ3n) is 0.747. The summed E-state index contributed by atoms with van der Waals surface area (Å²) < 4.78 is 0. The smallest absolute Gasteiger partial charge is 0.235 e. The highest BCUT2D eigenvalue weighted by molar-refractivity contribution is 6.65. The van der Waals surface area contributed by atoms with Crippen molar-refractivity contribution in [3.8, 4) is 0 Å². The molecule has 0 saturated carbocycles. The van der Waals surface area contributed by atoms with E-state index in [1.165, 1.54) is 20.1 Å². The molecule has 0 amide bonds. The summed E-state index contributed by atoms with van der Waals surface area (Å²) >= 11 is 4.97. The number of hydrogen-bond acceptors (Lipinski definition) is 2. The van der Waals surface area contributed by atoms with E-state index in [0.717, 1.165) is 0 Å². The lowest BCUT2D eigenvalue weighted by Gasteiger charge is -2.05. The summed E-state index contributed by atoms with van der Waals surface area (Å²) in [5, 5.41) is -0.674. The molecule has 0 saturated heterocycles. The SMILES string of the molecule is CC(C)([C]=O)C(=O)Cl. The second kappa shape index (κ2) is 2.27. The molecule has 0 spiro atoms. The van der Waals surface area contributed by atoms with Gasteiger partial charge in [-0.25, -0.2) is 0 Å². The fraction of sp³-hybridized carbons (Fsp3) is 0.600. The van der Waals surface area contributed by atoms with Gasteiger partial charge in [-0.05, 0) is 25.4 Å². The lowest BCUT2D eigenvalue weighted by molar-refractivity contribution is -0.116.